The zero-order valence-electron chi connectivity index (χ0n) is 16.7. The monoisotopic (exact) mass is 493 g/mol. The number of carbonyl (C=O) groups is 1. The maximum atomic E-state index is 13.4. The summed E-state index contributed by atoms with van der Waals surface area (Å²) >= 11 is 4.87. The quantitative estimate of drug-likeness (QED) is 0.346. The van der Waals surface area contributed by atoms with Crippen LogP contribution in [0.5, 0.6) is 0 Å². The molecule has 0 aliphatic rings. The van der Waals surface area contributed by atoms with E-state index < -0.39 is 0 Å². The summed E-state index contributed by atoms with van der Waals surface area (Å²) in [4.78, 5) is 36.8. The fourth-order valence-electron chi connectivity index (χ4n) is 3.50. The minimum atomic E-state index is -0.387. The zero-order chi connectivity index (χ0) is 21.7. The lowest BCUT2D eigenvalue weighted by atomic mass is 10.1. The Hall–Kier alpha value is -3.17. The van der Waals surface area contributed by atoms with E-state index in [-0.39, 0.29) is 18.0 Å². The Morgan fingerprint density at radius 1 is 1.10 bits per heavy atom. The van der Waals surface area contributed by atoms with Crippen molar-refractivity contribution in [2.45, 2.75) is 20.4 Å². The number of nitrogens with zero attached hydrogens (tertiary/aromatic N) is 5. The van der Waals surface area contributed by atoms with Crippen molar-refractivity contribution in [3.63, 3.8) is 0 Å². The molecule has 0 unspecified atom stereocenters. The molecule has 0 N–H and O–H groups in total. The minimum absolute atomic E-state index is 0.0727. The third-order valence-electron chi connectivity index (χ3n) is 5.26. The first-order chi connectivity index (χ1) is 14.9. The van der Waals surface area contributed by atoms with Gasteiger partial charge in [0.25, 0.3) is 0 Å². The molecule has 0 bridgehead atoms. The van der Waals surface area contributed by atoms with Gasteiger partial charge in [-0.05, 0) is 43.7 Å². The summed E-state index contributed by atoms with van der Waals surface area (Å²) in [7, 11) is 0. The highest BCUT2D eigenvalue weighted by Gasteiger charge is 2.22. The molecular weight excluding hydrogens is 478 g/mol. The molecule has 0 fully saturated rings. The molecule has 4 aromatic heterocycles. The lowest BCUT2D eigenvalue weighted by molar-refractivity contribution is 0.0972. The highest BCUT2D eigenvalue weighted by molar-refractivity contribution is 9.10. The number of benzene rings is 1. The Morgan fingerprint density at radius 3 is 2.52 bits per heavy atom. The molecule has 0 amide bonds. The lowest BCUT2D eigenvalue weighted by Crippen LogP contribution is -2.30. The number of fused-ring (bicyclic) bond motifs is 3. The topological polar surface area (TPSA) is 82.2 Å². The molecule has 0 aliphatic heterocycles. The number of carbonyl (C=O) groups excluding carboxylic acids is 1. The number of pyridine rings is 1. The fraction of sp³-hybridized carbons (Fsp3) is 0.136. The van der Waals surface area contributed by atoms with Crippen LogP contribution in [0.1, 0.15) is 20.8 Å². The van der Waals surface area contributed by atoms with Crippen LogP contribution in [0.3, 0.4) is 0 Å². The van der Waals surface area contributed by atoms with Crippen molar-refractivity contribution in [2.75, 3.05) is 0 Å². The standard InChI is InChI=1S/C22H16BrN5O2S/c1-12-13(2)31-21-18(12)20-25-19(15-7-9-24-10-8-15)26-28(20)22(30)27(21)11-17(29)14-3-5-16(23)6-4-14/h3-10H,11H2,1-2H3. The second-order valence-corrected chi connectivity index (χ2v) is 9.29. The summed E-state index contributed by atoms with van der Waals surface area (Å²) in [5.74, 6) is 0.300. The van der Waals surface area contributed by atoms with E-state index in [1.165, 1.54) is 20.4 Å². The molecule has 5 aromatic rings. The van der Waals surface area contributed by atoms with Gasteiger partial charge in [-0.3, -0.25) is 14.3 Å². The first-order valence-electron chi connectivity index (χ1n) is 9.52. The van der Waals surface area contributed by atoms with Gasteiger partial charge in [0, 0.05) is 32.9 Å². The normalized spacial score (nSPS) is 11.5. The number of aromatic nitrogens is 5. The molecule has 0 atom stereocenters. The largest absolute Gasteiger partial charge is 0.352 e. The Bertz CT molecular complexity index is 1520. The smallest absolute Gasteiger partial charge is 0.292 e. The molecule has 5 rings (SSSR count). The van der Waals surface area contributed by atoms with E-state index in [0.717, 1.165) is 30.7 Å². The van der Waals surface area contributed by atoms with Crippen LogP contribution in [0, 0.1) is 13.8 Å². The summed E-state index contributed by atoms with van der Waals surface area (Å²) in [6.45, 7) is 3.93. The highest BCUT2D eigenvalue weighted by atomic mass is 79.9. The van der Waals surface area contributed by atoms with Gasteiger partial charge in [0.1, 0.15) is 4.83 Å². The van der Waals surface area contributed by atoms with Crippen molar-refractivity contribution in [1.29, 1.82) is 0 Å². The van der Waals surface area contributed by atoms with Gasteiger partial charge >= 0.3 is 5.69 Å². The summed E-state index contributed by atoms with van der Waals surface area (Å²) in [6, 6.07) is 10.7. The minimum Gasteiger partial charge on any atom is -0.292 e. The predicted molar refractivity (Wildman–Crippen MR) is 124 cm³/mol. The van der Waals surface area contributed by atoms with Gasteiger partial charge in [0.05, 0.1) is 11.9 Å². The van der Waals surface area contributed by atoms with E-state index in [2.05, 4.69) is 31.0 Å². The lowest BCUT2D eigenvalue weighted by Gasteiger charge is -2.08. The van der Waals surface area contributed by atoms with Crippen LogP contribution in [-0.2, 0) is 6.54 Å². The molecule has 0 radical (unpaired) electrons. The first-order valence-corrected chi connectivity index (χ1v) is 11.1. The summed E-state index contributed by atoms with van der Waals surface area (Å²) in [6.07, 6.45) is 3.32. The van der Waals surface area contributed by atoms with Gasteiger partial charge in [-0.15, -0.1) is 16.4 Å². The Kier molecular flexibility index (Phi) is 4.79. The summed E-state index contributed by atoms with van der Waals surface area (Å²) < 4.78 is 3.69. The Labute approximate surface area is 189 Å². The van der Waals surface area contributed by atoms with E-state index in [4.69, 9.17) is 0 Å². The van der Waals surface area contributed by atoms with Crippen LogP contribution in [0.2, 0.25) is 0 Å². The van der Waals surface area contributed by atoms with E-state index in [1.54, 1.807) is 36.7 Å². The van der Waals surface area contributed by atoms with Crippen LogP contribution < -0.4 is 5.69 Å². The van der Waals surface area contributed by atoms with Crippen LogP contribution in [0.15, 0.2) is 58.1 Å². The van der Waals surface area contributed by atoms with E-state index in [9.17, 15) is 9.59 Å². The Balaban J connectivity index is 1.73. The van der Waals surface area contributed by atoms with E-state index in [0.29, 0.717) is 17.0 Å². The van der Waals surface area contributed by atoms with Gasteiger partial charge in [0.2, 0.25) is 0 Å². The number of Topliss-reactive ketones (excluding diaryl/α,β-unsaturated/α-hetero) is 1. The van der Waals surface area contributed by atoms with E-state index >= 15 is 0 Å². The van der Waals surface area contributed by atoms with Gasteiger partial charge < -0.3 is 0 Å². The average molecular weight is 494 g/mol. The van der Waals surface area contributed by atoms with Crippen LogP contribution >= 0.6 is 27.3 Å². The SMILES string of the molecule is Cc1sc2c(c1C)c1nc(-c3ccncc3)nn1c(=O)n2CC(=O)c1ccc(Br)cc1. The van der Waals surface area contributed by atoms with Gasteiger partial charge in [-0.1, -0.05) is 28.1 Å². The van der Waals surface area contributed by atoms with E-state index in [1.807, 2.05) is 26.0 Å². The highest BCUT2D eigenvalue weighted by Crippen LogP contribution is 2.32. The number of halogens is 1. The van der Waals surface area contributed by atoms with Crippen LogP contribution in [0.4, 0.5) is 0 Å². The molecule has 0 spiro atoms. The fourth-order valence-corrected chi connectivity index (χ4v) is 4.91. The third-order valence-corrected chi connectivity index (χ3v) is 7.02. The average Bonchev–Trinajstić information content (AvgIpc) is 3.34. The van der Waals surface area contributed by atoms with Crippen molar-refractivity contribution in [3.8, 4) is 11.4 Å². The molecule has 7 nitrogen and oxygen atoms in total. The number of rotatable bonds is 4. The van der Waals surface area contributed by atoms with Crippen molar-refractivity contribution in [1.82, 2.24) is 24.1 Å². The van der Waals surface area contributed by atoms with Crippen molar-refractivity contribution < 1.29 is 4.79 Å². The zero-order valence-corrected chi connectivity index (χ0v) is 19.1. The number of ketones is 1. The maximum Gasteiger partial charge on any atom is 0.352 e. The third kappa shape index (κ3) is 3.30. The maximum absolute atomic E-state index is 13.4. The summed E-state index contributed by atoms with van der Waals surface area (Å²) in [5, 5.41) is 5.31. The number of hydrogen-bond donors (Lipinski definition) is 0. The molecule has 1 aromatic carbocycles. The summed E-state index contributed by atoms with van der Waals surface area (Å²) in [5.41, 5.74) is 2.46. The second-order valence-electron chi connectivity index (χ2n) is 7.17. The number of hydrogen-bond acceptors (Lipinski definition) is 6. The van der Waals surface area contributed by atoms with Crippen molar-refractivity contribution >= 4 is 48.9 Å². The molecule has 154 valence electrons. The Morgan fingerprint density at radius 2 is 1.81 bits per heavy atom. The second kappa shape index (κ2) is 7.51. The molecule has 9 heteroatoms. The van der Waals surface area contributed by atoms with Gasteiger partial charge in [-0.2, -0.15) is 4.52 Å². The van der Waals surface area contributed by atoms with Gasteiger partial charge in [0.15, 0.2) is 17.3 Å². The first kappa shape index (κ1) is 19.8. The van der Waals surface area contributed by atoms with Crippen molar-refractivity contribution in [3.05, 3.63) is 79.8 Å². The number of aryl methyl sites for hydroxylation is 2. The molecule has 0 aliphatic carbocycles. The molecule has 4 heterocycles. The molecule has 31 heavy (non-hydrogen) atoms. The van der Waals surface area contributed by atoms with Crippen molar-refractivity contribution in [2.24, 2.45) is 0 Å². The molecular formula is C22H16BrN5O2S. The van der Waals surface area contributed by atoms with Gasteiger partial charge in [-0.25, -0.2) is 9.78 Å². The van der Waals surface area contributed by atoms with Crippen LogP contribution in [0.25, 0.3) is 27.3 Å². The number of thiophene rings is 1. The molecule has 0 saturated carbocycles. The predicted octanol–water partition coefficient (Wildman–Crippen LogP) is 4.43. The van der Waals surface area contributed by atoms with Crippen LogP contribution in [-0.4, -0.2) is 29.9 Å². The molecule has 0 saturated heterocycles.